The first-order valence-electron chi connectivity index (χ1n) is 9.42. The van der Waals surface area contributed by atoms with E-state index in [1.807, 2.05) is 51.0 Å². The number of aromatic nitrogens is 1. The van der Waals surface area contributed by atoms with Gasteiger partial charge in [-0.1, -0.05) is 11.3 Å². The first kappa shape index (κ1) is 20.8. The molecule has 1 aromatic heterocycles. The minimum absolute atomic E-state index is 0.0159. The fourth-order valence-corrected chi connectivity index (χ4v) is 4.06. The first-order valence-corrected chi connectivity index (χ1v) is 10.2. The normalized spacial score (nSPS) is 11.7. The summed E-state index contributed by atoms with van der Waals surface area (Å²) in [6, 6.07) is 11.4. The maximum absolute atomic E-state index is 12.8. The van der Waals surface area contributed by atoms with E-state index in [4.69, 9.17) is 4.74 Å². The van der Waals surface area contributed by atoms with Crippen LogP contribution in [-0.2, 0) is 16.1 Å². The molecule has 152 valence electrons. The monoisotopic (exact) mass is 411 g/mol. The Morgan fingerprint density at radius 3 is 2.38 bits per heavy atom. The standard InChI is InChI=1S/C22H25N3O3S/c1-6-28-20(26)13-25-18-11-14(2)15(3)12-19(18)29-22(25)23-21(27)16-7-9-17(10-8-16)24(4)5/h7-12H,6,13H2,1-5H3. The number of benzene rings is 2. The highest BCUT2D eigenvalue weighted by atomic mass is 32.1. The Morgan fingerprint density at radius 1 is 1.10 bits per heavy atom. The molecule has 1 amide bonds. The number of thiazole rings is 1. The Labute approximate surface area is 174 Å². The largest absolute Gasteiger partial charge is 0.465 e. The highest BCUT2D eigenvalue weighted by Gasteiger charge is 2.14. The number of amides is 1. The summed E-state index contributed by atoms with van der Waals surface area (Å²) in [6.07, 6.45) is 0. The van der Waals surface area contributed by atoms with E-state index in [-0.39, 0.29) is 18.4 Å². The van der Waals surface area contributed by atoms with E-state index in [0.717, 1.165) is 27.0 Å². The van der Waals surface area contributed by atoms with Gasteiger partial charge in [-0.05, 0) is 68.3 Å². The highest BCUT2D eigenvalue weighted by Crippen LogP contribution is 2.22. The number of rotatable bonds is 5. The number of ether oxygens (including phenoxy) is 1. The molecule has 6 nitrogen and oxygen atoms in total. The number of anilines is 1. The van der Waals surface area contributed by atoms with Gasteiger partial charge in [-0.15, -0.1) is 0 Å². The van der Waals surface area contributed by atoms with Gasteiger partial charge in [0.15, 0.2) is 4.80 Å². The molecule has 0 spiro atoms. The summed E-state index contributed by atoms with van der Waals surface area (Å²) in [4.78, 5) is 31.7. The maximum Gasteiger partial charge on any atom is 0.326 e. The number of hydrogen-bond donors (Lipinski definition) is 0. The number of hydrogen-bond acceptors (Lipinski definition) is 5. The minimum atomic E-state index is -0.352. The fraction of sp³-hybridized carbons (Fsp3) is 0.318. The Morgan fingerprint density at radius 2 is 1.76 bits per heavy atom. The van der Waals surface area contributed by atoms with Crippen molar-refractivity contribution in [3.8, 4) is 0 Å². The summed E-state index contributed by atoms with van der Waals surface area (Å²) < 4.78 is 7.85. The molecule has 3 aromatic rings. The van der Waals surface area contributed by atoms with Crippen LogP contribution in [-0.4, -0.2) is 37.1 Å². The molecule has 0 saturated carbocycles. The number of nitrogens with zero attached hydrogens (tertiary/aromatic N) is 3. The average Bonchev–Trinajstić information content (AvgIpc) is 2.98. The third-order valence-corrected chi connectivity index (χ3v) is 5.76. The van der Waals surface area contributed by atoms with Crippen LogP contribution in [0.1, 0.15) is 28.4 Å². The molecule has 29 heavy (non-hydrogen) atoms. The quantitative estimate of drug-likeness (QED) is 0.601. The summed E-state index contributed by atoms with van der Waals surface area (Å²) in [5.74, 6) is -0.692. The predicted molar refractivity (Wildman–Crippen MR) is 117 cm³/mol. The van der Waals surface area contributed by atoms with Gasteiger partial charge < -0.3 is 14.2 Å². The molecule has 0 bridgehead atoms. The number of carbonyl (C=O) groups excluding carboxylic acids is 2. The van der Waals surface area contributed by atoms with Gasteiger partial charge in [0.05, 0.1) is 16.8 Å². The SMILES string of the molecule is CCOC(=O)Cn1c(=NC(=O)c2ccc(N(C)C)cc2)sc2cc(C)c(C)cc21. The van der Waals surface area contributed by atoms with E-state index in [2.05, 4.69) is 11.1 Å². The number of carbonyl (C=O) groups is 2. The van der Waals surface area contributed by atoms with Gasteiger partial charge in [-0.25, -0.2) is 0 Å². The Hall–Kier alpha value is -2.93. The zero-order valence-corrected chi connectivity index (χ0v) is 18.2. The van der Waals surface area contributed by atoms with E-state index in [1.54, 1.807) is 23.6 Å². The van der Waals surface area contributed by atoms with Crippen molar-refractivity contribution in [3.05, 3.63) is 57.9 Å². The number of esters is 1. The zero-order chi connectivity index (χ0) is 21.1. The Kier molecular flexibility index (Phi) is 6.17. The lowest BCUT2D eigenvalue weighted by atomic mass is 10.1. The van der Waals surface area contributed by atoms with E-state index in [1.165, 1.54) is 11.3 Å². The predicted octanol–water partition coefficient (Wildman–Crippen LogP) is 3.69. The fourth-order valence-electron chi connectivity index (χ4n) is 2.95. The third-order valence-electron chi connectivity index (χ3n) is 4.72. The molecule has 0 aliphatic heterocycles. The van der Waals surface area contributed by atoms with Crippen LogP contribution < -0.4 is 9.70 Å². The van der Waals surface area contributed by atoms with Gasteiger partial charge in [0.2, 0.25) is 0 Å². The second-order valence-corrected chi connectivity index (χ2v) is 8.05. The Bertz CT molecular complexity index is 1120. The highest BCUT2D eigenvalue weighted by molar-refractivity contribution is 7.16. The second-order valence-electron chi connectivity index (χ2n) is 7.04. The molecular formula is C22H25N3O3S. The smallest absolute Gasteiger partial charge is 0.326 e. The van der Waals surface area contributed by atoms with E-state index in [9.17, 15) is 9.59 Å². The van der Waals surface area contributed by atoms with Crippen molar-refractivity contribution >= 4 is 39.1 Å². The second kappa shape index (κ2) is 8.61. The van der Waals surface area contributed by atoms with Crippen LogP contribution in [0, 0.1) is 13.8 Å². The molecule has 0 aliphatic rings. The van der Waals surface area contributed by atoms with Gasteiger partial charge in [-0.3, -0.25) is 9.59 Å². The van der Waals surface area contributed by atoms with Crippen LogP contribution >= 0.6 is 11.3 Å². The summed E-state index contributed by atoms with van der Waals surface area (Å²) >= 11 is 1.40. The van der Waals surface area contributed by atoms with E-state index in [0.29, 0.717) is 17.0 Å². The van der Waals surface area contributed by atoms with Gasteiger partial charge in [-0.2, -0.15) is 4.99 Å². The molecule has 2 aromatic carbocycles. The maximum atomic E-state index is 12.8. The molecule has 0 radical (unpaired) electrons. The lowest BCUT2D eigenvalue weighted by Crippen LogP contribution is -2.23. The van der Waals surface area contributed by atoms with Crippen LogP contribution in [0.5, 0.6) is 0 Å². The molecule has 0 unspecified atom stereocenters. The Balaban J connectivity index is 2.08. The molecule has 0 atom stereocenters. The third kappa shape index (κ3) is 4.56. The van der Waals surface area contributed by atoms with Crippen molar-refractivity contribution in [1.82, 2.24) is 4.57 Å². The zero-order valence-electron chi connectivity index (χ0n) is 17.4. The van der Waals surface area contributed by atoms with Crippen LogP contribution in [0.4, 0.5) is 5.69 Å². The summed E-state index contributed by atoms with van der Waals surface area (Å²) in [5.41, 5.74) is 4.65. The summed E-state index contributed by atoms with van der Waals surface area (Å²) in [6.45, 7) is 6.16. The molecule has 0 saturated heterocycles. The van der Waals surface area contributed by atoms with Crippen LogP contribution in [0.3, 0.4) is 0 Å². The topological polar surface area (TPSA) is 63.9 Å². The van der Waals surface area contributed by atoms with Crippen molar-refractivity contribution in [1.29, 1.82) is 0 Å². The van der Waals surface area contributed by atoms with E-state index < -0.39 is 0 Å². The lowest BCUT2D eigenvalue weighted by Gasteiger charge is -2.11. The molecule has 0 aliphatic carbocycles. The number of fused-ring (bicyclic) bond motifs is 1. The molecule has 0 fully saturated rings. The first-order chi connectivity index (χ1) is 13.8. The van der Waals surface area contributed by atoms with Crippen molar-refractivity contribution in [3.63, 3.8) is 0 Å². The summed E-state index contributed by atoms with van der Waals surface area (Å²) in [5, 5.41) is 0. The van der Waals surface area contributed by atoms with Gasteiger partial charge in [0, 0.05) is 25.3 Å². The lowest BCUT2D eigenvalue weighted by molar-refractivity contribution is -0.143. The number of aryl methyl sites for hydroxylation is 2. The van der Waals surface area contributed by atoms with Crippen molar-refractivity contribution in [2.45, 2.75) is 27.3 Å². The molecule has 3 rings (SSSR count). The molecule has 0 N–H and O–H groups in total. The minimum Gasteiger partial charge on any atom is -0.465 e. The van der Waals surface area contributed by atoms with Gasteiger partial charge in [0.25, 0.3) is 5.91 Å². The summed E-state index contributed by atoms with van der Waals surface area (Å²) in [7, 11) is 3.89. The molecule has 7 heteroatoms. The van der Waals surface area contributed by atoms with Crippen molar-refractivity contribution in [2.24, 2.45) is 4.99 Å². The van der Waals surface area contributed by atoms with Gasteiger partial charge >= 0.3 is 5.97 Å². The van der Waals surface area contributed by atoms with Crippen LogP contribution in [0.25, 0.3) is 10.2 Å². The molecule has 1 heterocycles. The van der Waals surface area contributed by atoms with Crippen LogP contribution in [0.2, 0.25) is 0 Å². The van der Waals surface area contributed by atoms with Crippen molar-refractivity contribution in [2.75, 3.05) is 25.6 Å². The van der Waals surface area contributed by atoms with E-state index >= 15 is 0 Å². The van der Waals surface area contributed by atoms with Crippen LogP contribution in [0.15, 0.2) is 41.4 Å². The molecular weight excluding hydrogens is 386 g/mol. The average molecular weight is 412 g/mol. The van der Waals surface area contributed by atoms with Gasteiger partial charge in [0.1, 0.15) is 6.54 Å². The van der Waals surface area contributed by atoms with Crippen molar-refractivity contribution < 1.29 is 14.3 Å².